The normalized spacial score (nSPS) is 13.3. The Balaban J connectivity index is 2.11. The molecule has 30 heavy (non-hydrogen) atoms. The van der Waals surface area contributed by atoms with Gasteiger partial charge >= 0.3 is 0 Å². The van der Waals surface area contributed by atoms with E-state index in [1.165, 1.54) is 5.56 Å². The van der Waals surface area contributed by atoms with E-state index in [0.29, 0.717) is 23.7 Å². The molecule has 0 saturated heterocycles. The number of methoxy groups -OCH3 is 2. The van der Waals surface area contributed by atoms with Crippen LogP contribution in [0.2, 0.25) is 0 Å². The van der Waals surface area contributed by atoms with Gasteiger partial charge in [-0.05, 0) is 53.6 Å². The Labute approximate surface area is 180 Å². The average Bonchev–Trinajstić information content (AvgIpc) is 2.74. The third-order valence-corrected chi connectivity index (χ3v) is 5.20. The van der Waals surface area contributed by atoms with E-state index in [0.717, 1.165) is 12.0 Å². The Kier molecular flexibility index (Phi) is 8.16. The van der Waals surface area contributed by atoms with E-state index < -0.39 is 6.10 Å². The van der Waals surface area contributed by atoms with E-state index in [1.807, 2.05) is 44.2 Å². The standard InChI is InChI=1S/C25H35NO4/c1-8-20(17-10-15-22(28-6)23(16-17)29-7)26-24(27)21(9-2)30-19-13-11-18(12-14-19)25(3,4)5/h10-16,20-21H,8-9H2,1-7H3,(H,26,27)/t20-,21-/m1/s1. The number of carbonyl (C=O) groups is 1. The molecule has 1 N–H and O–H groups in total. The van der Waals surface area contributed by atoms with Crippen LogP contribution in [0, 0.1) is 0 Å². The van der Waals surface area contributed by atoms with Crippen molar-refractivity contribution in [1.29, 1.82) is 0 Å². The van der Waals surface area contributed by atoms with Gasteiger partial charge in [0.15, 0.2) is 17.6 Å². The van der Waals surface area contributed by atoms with Crippen LogP contribution in [0.25, 0.3) is 0 Å². The number of hydrogen-bond acceptors (Lipinski definition) is 4. The average molecular weight is 414 g/mol. The SMILES string of the molecule is CC[C@@H](Oc1ccc(C(C)(C)C)cc1)C(=O)N[C@H](CC)c1ccc(OC)c(OC)c1. The van der Waals surface area contributed by atoms with Crippen LogP contribution in [0.1, 0.15) is 64.6 Å². The number of nitrogens with one attached hydrogen (secondary N) is 1. The van der Waals surface area contributed by atoms with Crippen LogP contribution in [0.5, 0.6) is 17.2 Å². The summed E-state index contributed by atoms with van der Waals surface area (Å²) in [5.74, 6) is 1.88. The molecule has 1 amide bonds. The fourth-order valence-corrected chi connectivity index (χ4v) is 3.28. The highest BCUT2D eigenvalue weighted by Crippen LogP contribution is 2.31. The molecule has 2 atom stereocenters. The largest absolute Gasteiger partial charge is 0.493 e. The first-order valence-corrected chi connectivity index (χ1v) is 10.5. The van der Waals surface area contributed by atoms with Crippen LogP contribution in [-0.4, -0.2) is 26.2 Å². The summed E-state index contributed by atoms with van der Waals surface area (Å²) in [5, 5.41) is 3.12. The Morgan fingerprint density at radius 2 is 1.57 bits per heavy atom. The second-order valence-electron chi connectivity index (χ2n) is 8.37. The molecule has 5 nitrogen and oxygen atoms in total. The molecule has 2 aromatic rings. The molecule has 0 fully saturated rings. The van der Waals surface area contributed by atoms with Crippen LogP contribution in [0.4, 0.5) is 0 Å². The maximum Gasteiger partial charge on any atom is 0.261 e. The molecular weight excluding hydrogens is 378 g/mol. The van der Waals surface area contributed by atoms with Gasteiger partial charge in [-0.3, -0.25) is 4.79 Å². The third kappa shape index (κ3) is 5.91. The first-order chi connectivity index (χ1) is 14.2. The van der Waals surface area contributed by atoms with Crippen molar-refractivity contribution in [3.8, 4) is 17.2 Å². The summed E-state index contributed by atoms with van der Waals surface area (Å²) in [7, 11) is 3.21. The number of ether oxygens (including phenoxy) is 3. The zero-order chi connectivity index (χ0) is 22.3. The van der Waals surface area contributed by atoms with Gasteiger partial charge in [-0.1, -0.05) is 52.8 Å². The van der Waals surface area contributed by atoms with Gasteiger partial charge in [-0.25, -0.2) is 0 Å². The Hall–Kier alpha value is -2.69. The van der Waals surface area contributed by atoms with Crippen LogP contribution >= 0.6 is 0 Å². The smallest absolute Gasteiger partial charge is 0.261 e. The van der Waals surface area contributed by atoms with Crippen LogP contribution in [0.15, 0.2) is 42.5 Å². The Bertz CT molecular complexity index is 824. The van der Waals surface area contributed by atoms with Gasteiger partial charge in [-0.15, -0.1) is 0 Å². The number of carbonyl (C=O) groups excluding carboxylic acids is 1. The van der Waals surface area contributed by atoms with Crippen molar-refractivity contribution >= 4 is 5.91 Å². The van der Waals surface area contributed by atoms with Crippen LogP contribution < -0.4 is 19.5 Å². The molecule has 2 rings (SSSR count). The Morgan fingerprint density at radius 1 is 0.933 bits per heavy atom. The zero-order valence-corrected chi connectivity index (χ0v) is 19.2. The lowest BCUT2D eigenvalue weighted by atomic mass is 9.87. The molecule has 0 aliphatic heterocycles. The molecule has 2 aromatic carbocycles. The molecule has 0 spiro atoms. The Morgan fingerprint density at radius 3 is 2.07 bits per heavy atom. The number of benzene rings is 2. The predicted octanol–water partition coefficient (Wildman–Crippen LogP) is 5.43. The molecule has 164 valence electrons. The summed E-state index contributed by atoms with van der Waals surface area (Å²) in [6, 6.07) is 13.5. The van der Waals surface area contributed by atoms with Crippen molar-refractivity contribution in [2.75, 3.05) is 14.2 Å². The van der Waals surface area contributed by atoms with Crippen molar-refractivity contribution < 1.29 is 19.0 Å². The number of hydrogen-bond donors (Lipinski definition) is 1. The topological polar surface area (TPSA) is 56.8 Å². The molecule has 0 aromatic heterocycles. The van der Waals surface area contributed by atoms with Gasteiger partial charge in [0.1, 0.15) is 5.75 Å². The second-order valence-corrected chi connectivity index (χ2v) is 8.37. The van der Waals surface area contributed by atoms with E-state index in [-0.39, 0.29) is 17.4 Å². The molecule has 0 aliphatic carbocycles. The maximum absolute atomic E-state index is 12.9. The summed E-state index contributed by atoms with van der Waals surface area (Å²) < 4.78 is 16.7. The molecule has 0 radical (unpaired) electrons. The first kappa shape index (κ1) is 23.6. The van der Waals surface area contributed by atoms with Crippen molar-refractivity contribution in [2.45, 2.75) is 65.0 Å². The third-order valence-electron chi connectivity index (χ3n) is 5.20. The number of rotatable bonds is 9. The maximum atomic E-state index is 12.9. The van der Waals surface area contributed by atoms with Crippen molar-refractivity contribution in [2.24, 2.45) is 0 Å². The van der Waals surface area contributed by atoms with Gasteiger partial charge in [0, 0.05) is 0 Å². The molecule has 0 bridgehead atoms. The molecule has 5 heteroatoms. The summed E-state index contributed by atoms with van der Waals surface area (Å²) in [4.78, 5) is 12.9. The van der Waals surface area contributed by atoms with E-state index in [9.17, 15) is 4.79 Å². The highest BCUT2D eigenvalue weighted by Gasteiger charge is 2.23. The fraction of sp³-hybridized carbons (Fsp3) is 0.480. The lowest BCUT2D eigenvalue weighted by Gasteiger charge is -2.24. The minimum atomic E-state index is -0.556. The van der Waals surface area contributed by atoms with Crippen molar-refractivity contribution in [3.63, 3.8) is 0 Å². The zero-order valence-electron chi connectivity index (χ0n) is 19.2. The van der Waals surface area contributed by atoms with Crippen molar-refractivity contribution in [3.05, 3.63) is 53.6 Å². The minimum absolute atomic E-state index is 0.0772. The van der Waals surface area contributed by atoms with E-state index in [4.69, 9.17) is 14.2 Å². The van der Waals surface area contributed by atoms with E-state index in [2.05, 4.69) is 38.2 Å². The van der Waals surface area contributed by atoms with Crippen molar-refractivity contribution in [1.82, 2.24) is 5.32 Å². The number of amides is 1. The van der Waals surface area contributed by atoms with Gasteiger partial charge in [0.05, 0.1) is 20.3 Å². The molecule has 0 heterocycles. The molecule has 0 saturated carbocycles. The van der Waals surface area contributed by atoms with Gasteiger partial charge in [0.25, 0.3) is 5.91 Å². The quantitative estimate of drug-likeness (QED) is 0.596. The van der Waals surface area contributed by atoms with E-state index >= 15 is 0 Å². The van der Waals surface area contributed by atoms with Crippen LogP contribution in [0.3, 0.4) is 0 Å². The summed E-state index contributed by atoms with van der Waals surface area (Å²) >= 11 is 0. The first-order valence-electron chi connectivity index (χ1n) is 10.5. The molecule has 0 unspecified atom stereocenters. The van der Waals surface area contributed by atoms with Crippen LogP contribution in [-0.2, 0) is 10.2 Å². The molecular formula is C25H35NO4. The lowest BCUT2D eigenvalue weighted by Crippen LogP contribution is -2.40. The van der Waals surface area contributed by atoms with Gasteiger partial charge in [-0.2, -0.15) is 0 Å². The van der Waals surface area contributed by atoms with Gasteiger partial charge < -0.3 is 19.5 Å². The fourth-order valence-electron chi connectivity index (χ4n) is 3.28. The predicted molar refractivity (Wildman–Crippen MR) is 121 cm³/mol. The highest BCUT2D eigenvalue weighted by molar-refractivity contribution is 5.81. The lowest BCUT2D eigenvalue weighted by molar-refractivity contribution is -0.128. The summed E-state index contributed by atoms with van der Waals surface area (Å²) in [5.41, 5.74) is 2.27. The summed E-state index contributed by atoms with van der Waals surface area (Å²) in [6.07, 6.45) is 0.771. The second kappa shape index (κ2) is 10.4. The molecule has 0 aliphatic rings. The summed E-state index contributed by atoms with van der Waals surface area (Å²) in [6.45, 7) is 10.5. The minimum Gasteiger partial charge on any atom is -0.493 e. The van der Waals surface area contributed by atoms with E-state index in [1.54, 1.807) is 14.2 Å². The van der Waals surface area contributed by atoms with Gasteiger partial charge in [0.2, 0.25) is 0 Å². The monoisotopic (exact) mass is 413 g/mol. The highest BCUT2D eigenvalue weighted by atomic mass is 16.5.